The highest BCUT2D eigenvalue weighted by atomic mass is 19.4. The molecule has 1 fully saturated rings. The van der Waals surface area contributed by atoms with Gasteiger partial charge in [0.1, 0.15) is 11.3 Å². The van der Waals surface area contributed by atoms with E-state index in [1.165, 1.54) is 11.3 Å². The number of anilines is 1. The summed E-state index contributed by atoms with van der Waals surface area (Å²) in [5.74, 6) is -0.993. The second-order valence-electron chi connectivity index (χ2n) is 8.12. The molecule has 0 saturated carbocycles. The lowest BCUT2D eigenvalue weighted by atomic mass is 10.1. The predicted octanol–water partition coefficient (Wildman–Crippen LogP) is 3.79. The largest absolute Gasteiger partial charge is 0.484 e. The highest BCUT2D eigenvalue weighted by Gasteiger charge is 2.29. The zero-order valence-corrected chi connectivity index (χ0v) is 18.8. The summed E-state index contributed by atoms with van der Waals surface area (Å²) in [4.78, 5) is 27.6. The Morgan fingerprint density at radius 2 is 1.88 bits per heavy atom. The number of halogens is 3. The van der Waals surface area contributed by atoms with Gasteiger partial charge in [0.25, 0.3) is 11.6 Å². The van der Waals surface area contributed by atoms with Gasteiger partial charge < -0.3 is 15.0 Å². The maximum Gasteiger partial charge on any atom is 0.422 e. The fraction of sp³-hybridized carbons (Fsp3) is 0.435. The highest BCUT2D eigenvalue weighted by Crippen LogP contribution is 2.26. The molecule has 184 valence electrons. The third-order valence-electron chi connectivity index (χ3n) is 5.49. The second kappa shape index (κ2) is 11.2. The molecule has 1 N–H and O–H groups in total. The molecule has 0 radical (unpaired) electrons. The summed E-state index contributed by atoms with van der Waals surface area (Å²) in [5.41, 5.74) is 1.59. The fourth-order valence-corrected chi connectivity index (χ4v) is 3.77. The van der Waals surface area contributed by atoms with Crippen LogP contribution in [-0.2, 0) is 0 Å². The number of amides is 1. The Labute approximate surface area is 195 Å². The second-order valence-corrected chi connectivity index (χ2v) is 8.12. The Morgan fingerprint density at radius 3 is 2.53 bits per heavy atom. The first-order valence-corrected chi connectivity index (χ1v) is 10.9. The Bertz CT molecular complexity index is 1010. The number of aryl methyl sites for hydroxylation is 1. The molecule has 1 aliphatic rings. The van der Waals surface area contributed by atoms with Gasteiger partial charge in [-0.15, -0.1) is 0 Å². The lowest BCUT2D eigenvalue weighted by molar-refractivity contribution is -0.385. The lowest BCUT2D eigenvalue weighted by Gasteiger charge is -2.36. The summed E-state index contributed by atoms with van der Waals surface area (Å²) in [7, 11) is 0. The third-order valence-corrected chi connectivity index (χ3v) is 5.49. The average Bonchev–Trinajstić information content (AvgIpc) is 2.80. The summed E-state index contributed by atoms with van der Waals surface area (Å²) in [6.45, 7) is 5.09. The number of hydrogen-bond donors (Lipinski definition) is 1. The van der Waals surface area contributed by atoms with Gasteiger partial charge >= 0.3 is 6.18 Å². The Balaban J connectivity index is 1.47. The first kappa shape index (κ1) is 25.3. The van der Waals surface area contributed by atoms with Gasteiger partial charge in [0, 0.05) is 44.5 Å². The van der Waals surface area contributed by atoms with Crippen LogP contribution in [-0.4, -0.2) is 67.8 Å². The SMILES string of the molecule is Cc1cccc(N2CCN(CCCNC(=O)c3cc(OCC(F)(F)F)ccc3[N+](=O)[O-])CC2)c1. The van der Waals surface area contributed by atoms with Crippen molar-refractivity contribution in [1.29, 1.82) is 0 Å². The number of rotatable bonds is 9. The summed E-state index contributed by atoms with van der Waals surface area (Å²) in [6, 6.07) is 11.3. The van der Waals surface area contributed by atoms with Crippen molar-refractivity contribution >= 4 is 17.3 Å². The lowest BCUT2D eigenvalue weighted by Crippen LogP contribution is -2.47. The van der Waals surface area contributed by atoms with Gasteiger partial charge in [0.2, 0.25) is 0 Å². The number of nitrogens with one attached hydrogen (secondary N) is 1. The number of alkyl halides is 3. The summed E-state index contributed by atoms with van der Waals surface area (Å²) in [6.07, 6.45) is -3.93. The van der Waals surface area contributed by atoms with E-state index in [-0.39, 0.29) is 17.9 Å². The quantitative estimate of drug-likeness (QED) is 0.334. The number of benzene rings is 2. The summed E-state index contributed by atoms with van der Waals surface area (Å²) < 4.78 is 41.7. The fourth-order valence-electron chi connectivity index (χ4n) is 3.77. The smallest absolute Gasteiger partial charge is 0.422 e. The maximum atomic E-state index is 12.5. The van der Waals surface area contributed by atoms with Crippen LogP contribution in [0.2, 0.25) is 0 Å². The van der Waals surface area contributed by atoms with Crippen molar-refractivity contribution in [3.8, 4) is 5.75 Å². The first-order chi connectivity index (χ1) is 16.1. The molecule has 8 nitrogen and oxygen atoms in total. The zero-order chi connectivity index (χ0) is 24.7. The number of hydrogen-bond acceptors (Lipinski definition) is 6. The molecule has 3 rings (SSSR count). The van der Waals surface area contributed by atoms with Gasteiger partial charge in [-0.05, 0) is 49.7 Å². The predicted molar refractivity (Wildman–Crippen MR) is 121 cm³/mol. The number of carbonyl (C=O) groups is 1. The van der Waals surface area contributed by atoms with E-state index >= 15 is 0 Å². The van der Waals surface area contributed by atoms with E-state index in [1.54, 1.807) is 0 Å². The molecule has 0 aliphatic carbocycles. The van der Waals surface area contributed by atoms with E-state index in [0.29, 0.717) is 6.42 Å². The van der Waals surface area contributed by atoms with Gasteiger partial charge in [0.05, 0.1) is 4.92 Å². The van der Waals surface area contributed by atoms with Crippen LogP contribution in [0.5, 0.6) is 5.75 Å². The van der Waals surface area contributed by atoms with Crippen molar-refractivity contribution in [2.24, 2.45) is 0 Å². The van der Waals surface area contributed by atoms with Gasteiger partial charge in [-0.3, -0.25) is 19.8 Å². The Kier molecular flexibility index (Phi) is 8.32. The molecule has 1 heterocycles. The van der Waals surface area contributed by atoms with Crippen molar-refractivity contribution in [2.45, 2.75) is 19.5 Å². The summed E-state index contributed by atoms with van der Waals surface area (Å²) >= 11 is 0. The number of nitro groups is 1. The number of ether oxygens (including phenoxy) is 1. The standard InChI is InChI=1S/C23H27F3N4O4/c1-17-4-2-5-18(14-17)29-12-10-28(11-13-29)9-3-8-27-22(31)20-15-19(34-16-23(24,25)26)6-7-21(20)30(32)33/h2,4-7,14-15H,3,8-13,16H2,1H3,(H,27,31). The van der Waals surface area contributed by atoms with E-state index in [9.17, 15) is 28.1 Å². The van der Waals surface area contributed by atoms with Crippen LogP contribution in [0.25, 0.3) is 0 Å². The van der Waals surface area contributed by atoms with Gasteiger partial charge in [-0.1, -0.05) is 12.1 Å². The molecule has 34 heavy (non-hydrogen) atoms. The van der Waals surface area contributed by atoms with E-state index < -0.39 is 29.3 Å². The molecule has 2 aromatic rings. The van der Waals surface area contributed by atoms with Crippen molar-refractivity contribution in [2.75, 3.05) is 50.8 Å². The number of nitro benzene ring substituents is 1. The average molecular weight is 480 g/mol. The monoisotopic (exact) mass is 480 g/mol. The maximum absolute atomic E-state index is 12.5. The minimum atomic E-state index is -4.56. The third kappa shape index (κ3) is 7.34. The van der Waals surface area contributed by atoms with Crippen molar-refractivity contribution in [3.05, 3.63) is 63.7 Å². The molecule has 1 aliphatic heterocycles. The first-order valence-electron chi connectivity index (χ1n) is 10.9. The van der Waals surface area contributed by atoms with E-state index in [4.69, 9.17) is 0 Å². The normalized spacial score (nSPS) is 14.6. The Morgan fingerprint density at radius 1 is 1.15 bits per heavy atom. The molecule has 1 amide bonds. The molecule has 1 saturated heterocycles. The van der Waals surface area contributed by atoms with Gasteiger partial charge in [-0.25, -0.2) is 0 Å². The molecule has 0 spiro atoms. The summed E-state index contributed by atoms with van der Waals surface area (Å²) in [5, 5.41) is 13.8. The van der Waals surface area contributed by atoms with E-state index in [0.717, 1.165) is 50.9 Å². The van der Waals surface area contributed by atoms with Crippen LogP contribution in [0.15, 0.2) is 42.5 Å². The number of piperazine rings is 1. The molecule has 0 atom stereocenters. The zero-order valence-electron chi connectivity index (χ0n) is 18.8. The van der Waals surface area contributed by atoms with Crippen LogP contribution in [0.4, 0.5) is 24.5 Å². The number of carbonyl (C=O) groups excluding carboxylic acids is 1. The van der Waals surface area contributed by atoms with Crippen molar-refractivity contribution in [3.63, 3.8) is 0 Å². The van der Waals surface area contributed by atoms with E-state index in [1.807, 2.05) is 6.07 Å². The molecule has 2 aromatic carbocycles. The minimum absolute atomic E-state index is 0.264. The van der Waals surface area contributed by atoms with Crippen LogP contribution in [0.1, 0.15) is 22.3 Å². The van der Waals surface area contributed by atoms with Crippen LogP contribution >= 0.6 is 0 Å². The van der Waals surface area contributed by atoms with Crippen molar-refractivity contribution in [1.82, 2.24) is 10.2 Å². The van der Waals surface area contributed by atoms with Crippen LogP contribution < -0.4 is 15.0 Å². The van der Waals surface area contributed by atoms with Gasteiger partial charge in [-0.2, -0.15) is 13.2 Å². The van der Waals surface area contributed by atoms with Crippen LogP contribution in [0, 0.1) is 17.0 Å². The minimum Gasteiger partial charge on any atom is -0.484 e. The molecule has 0 bridgehead atoms. The Hall–Kier alpha value is -3.34. The van der Waals surface area contributed by atoms with Crippen LogP contribution in [0.3, 0.4) is 0 Å². The van der Waals surface area contributed by atoms with Gasteiger partial charge in [0.15, 0.2) is 6.61 Å². The van der Waals surface area contributed by atoms with Crippen molar-refractivity contribution < 1.29 is 27.6 Å². The molecule has 0 unspecified atom stereocenters. The topological polar surface area (TPSA) is 88.0 Å². The molecular formula is C23H27F3N4O4. The highest BCUT2D eigenvalue weighted by molar-refractivity contribution is 5.98. The molecular weight excluding hydrogens is 453 g/mol. The molecule has 11 heteroatoms. The molecule has 0 aromatic heterocycles. The van der Waals surface area contributed by atoms with E-state index in [2.05, 4.69) is 45.0 Å². The number of nitrogens with zero attached hydrogens (tertiary/aromatic N) is 3.